The van der Waals surface area contributed by atoms with E-state index in [4.69, 9.17) is 5.26 Å². The van der Waals surface area contributed by atoms with Crippen LogP contribution in [-0.4, -0.2) is 0 Å². The van der Waals surface area contributed by atoms with Crippen molar-refractivity contribution in [3.63, 3.8) is 0 Å². The molecule has 1 rings (SSSR count). The van der Waals surface area contributed by atoms with Crippen molar-refractivity contribution in [1.29, 1.82) is 5.26 Å². The number of hydrogen-bond donors (Lipinski definition) is 0. The average Bonchev–Trinajstić information content (AvgIpc) is 2.36. The predicted molar refractivity (Wildman–Crippen MR) is 71.4 cm³/mol. The van der Waals surface area contributed by atoms with E-state index in [-0.39, 0.29) is 0 Å². The van der Waals surface area contributed by atoms with Crippen LogP contribution in [0, 0.1) is 23.2 Å². The number of benzene rings is 1. The first-order chi connectivity index (χ1) is 8.38. The summed E-state index contributed by atoms with van der Waals surface area (Å²) in [4.78, 5) is 0. The third kappa shape index (κ3) is 5.23. The topological polar surface area (TPSA) is 23.8 Å². The average molecular weight is 225 g/mol. The summed E-state index contributed by atoms with van der Waals surface area (Å²) < 4.78 is 0. The van der Waals surface area contributed by atoms with E-state index in [2.05, 4.69) is 24.8 Å². The quantitative estimate of drug-likeness (QED) is 0.547. The minimum Gasteiger partial charge on any atom is -0.198 e. The van der Waals surface area contributed by atoms with Crippen molar-refractivity contribution in [2.24, 2.45) is 0 Å². The lowest BCUT2D eigenvalue weighted by Crippen LogP contribution is -1.87. The molecule has 0 radical (unpaired) electrons. The second-order valence-electron chi connectivity index (χ2n) is 4.10. The number of unbranched alkanes of at least 4 members (excludes halogenated alkanes) is 4. The summed E-state index contributed by atoms with van der Waals surface area (Å²) in [6.07, 6.45) is 6.42. The van der Waals surface area contributed by atoms with Gasteiger partial charge >= 0.3 is 0 Å². The Bertz CT molecular complexity index is 429. The van der Waals surface area contributed by atoms with Crippen LogP contribution in [0.2, 0.25) is 0 Å². The van der Waals surface area contributed by atoms with E-state index < -0.39 is 0 Å². The van der Waals surface area contributed by atoms with Crippen molar-refractivity contribution in [1.82, 2.24) is 0 Å². The van der Waals surface area contributed by atoms with Gasteiger partial charge in [-0.05, 0) is 18.1 Å². The number of rotatable bonds is 5. The van der Waals surface area contributed by atoms with Crippen LogP contribution in [0.5, 0.6) is 0 Å². The van der Waals surface area contributed by atoms with Crippen LogP contribution >= 0.6 is 0 Å². The standard InChI is InChI=1S/C16H19N/c1-2-3-4-5-6-7-10-15-11-8-9-12-16(15)13-14-17/h8-9,11-12H,2-6,13H2,1H3. The summed E-state index contributed by atoms with van der Waals surface area (Å²) in [5.74, 6) is 6.37. The molecule has 0 aliphatic rings. The highest BCUT2D eigenvalue weighted by Crippen LogP contribution is 2.08. The van der Waals surface area contributed by atoms with E-state index >= 15 is 0 Å². The van der Waals surface area contributed by atoms with Crippen LogP contribution in [0.4, 0.5) is 0 Å². The van der Waals surface area contributed by atoms with Crippen molar-refractivity contribution in [2.45, 2.75) is 45.4 Å². The third-order valence-corrected chi connectivity index (χ3v) is 2.67. The second kappa shape index (κ2) is 8.43. The molecule has 0 unspecified atom stereocenters. The molecular formula is C16H19N. The molecule has 0 amide bonds. The summed E-state index contributed by atoms with van der Waals surface area (Å²) in [5, 5.41) is 8.71. The number of hydrogen-bond acceptors (Lipinski definition) is 1. The van der Waals surface area contributed by atoms with Gasteiger partial charge in [0.2, 0.25) is 0 Å². The van der Waals surface area contributed by atoms with Gasteiger partial charge in [0.15, 0.2) is 0 Å². The SMILES string of the molecule is CCCCCCC#Cc1ccccc1CC#N. The van der Waals surface area contributed by atoms with Crippen LogP contribution < -0.4 is 0 Å². The van der Waals surface area contributed by atoms with Crippen LogP contribution in [0.25, 0.3) is 0 Å². The molecule has 0 spiro atoms. The molecule has 1 nitrogen and oxygen atoms in total. The fourth-order valence-corrected chi connectivity index (χ4v) is 1.68. The first-order valence-electron chi connectivity index (χ1n) is 6.32. The Hall–Kier alpha value is -1.73. The normalized spacial score (nSPS) is 9.18. The van der Waals surface area contributed by atoms with E-state index in [0.29, 0.717) is 6.42 Å². The van der Waals surface area contributed by atoms with Gasteiger partial charge in [-0.15, -0.1) is 0 Å². The van der Waals surface area contributed by atoms with Crippen LogP contribution in [0.1, 0.15) is 50.2 Å². The highest BCUT2D eigenvalue weighted by atomic mass is 14.2. The fraction of sp³-hybridized carbons (Fsp3) is 0.438. The summed E-state index contributed by atoms with van der Waals surface area (Å²) in [7, 11) is 0. The molecule has 0 heterocycles. The van der Waals surface area contributed by atoms with Crippen molar-refractivity contribution in [3.8, 4) is 17.9 Å². The van der Waals surface area contributed by atoms with Gasteiger partial charge in [-0.25, -0.2) is 0 Å². The van der Waals surface area contributed by atoms with Crippen LogP contribution in [-0.2, 0) is 6.42 Å². The van der Waals surface area contributed by atoms with Gasteiger partial charge in [0.25, 0.3) is 0 Å². The van der Waals surface area contributed by atoms with Crippen molar-refractivity contribution >= 4 is 0 Å². The Morgan fingerprint density at radius 3 is 2.71 bits per heavy atom. The fourth-order valence-electron chi connectivity index (χ4n) is 1.68. The molecule has 17 heavy (non-hydrogen) atoms. The summed E-state index contributed by atoms with van der Waals surface area (Å²) in [6.45, 7) is 2.21. The van der Waals surface area contributed by atoms with Crippen molar-refractivity contribution in [3.05, 3.63) is 35.4 Å². The van der Waals surface area contributed by atoms with Gasteiger partial charge < -0.3 is 0 Å². The Morgan fingerprint density at radius 2 is 1.94 bits per heavy atom. The third-order valence-electron chi connectivity index (χ3n) is 2.67. The largest absolute Gasteiger partial charge is 0.198 e. The molecule has 0 atom stereocenters. The number of nitriles is 1. The molecule has 0 fully saturated rings. The molecule has 1 aromatic rings. The zero-order valence-electron chi connectivity index (χ0n) is 10.5. The van der Waals surface area contributed by atoms with E-state index in [0.717, 1.165) is 17.5 Å². The lowest BCUT2D eigenvalue weighted by molar-refractivity contribution is 0.679. The molecule has 0 N–H and O–H groups in total. The molecular weight excluding hydrogens is 206 g/mol. The van der Waals surface area contributed by atoms with Gasteiger partial charge in [-0.1, -0.05) is 56.2 Å². The zero-order valence-corrected chi connectivity index (χ0v) is 10.5. The minimum absolute atomic E-state index is 0.445. The highest BCUT2D eigenvalue weighted by Gasteiger charge is 1.96. The van der Waals surface area contributed by atoms with E-state index in [1.165, 1.54) is 25.7 Å². The number of nitrogens with zero attached hydrogens (tertiary/aromatic N) is 1. The van der Waals surface area contributed by atoms with E-state index in [1.54, 1.807) is 0 Å². The molecule has 88 valence electrons. The molecule has 1 heteroatoms. The summed E-state index contributed by atoms with van der Waals surface area (Å²) >= 11 is 0. The Labute approximate surface area is 104 Å². The second-order valence-corrected chi connectivity index (χ2v) is 4.10. The van der Waals surface area contributed by atoms with Crippen LogP contribution in [0.3, 0.4) is 0 Å². The maximum absolute atomic E-state index is 8.71. The highest BCUT2D eigenvalue weighted by molar-refractivity contribution is 5.42. The monoisotopic (exact) mass is 225 g/mol. The summed E-state index contributed by atoms with van der Waals surface area (Å²) in [5.41, 5.74) is 2.04. The van der Waals surface area contributed by atoms with Gasteiger partial charge in [0.05, 0.1) is 12.5 Å². The smallest absolute Gasteiger partial charge is 0.0670 e. The predicted octanol–water partition coefficient (Wildman–Crippen LogP) is 4.07. The van der Waals surface area contributed by atoms with Gasteiger partial charge in [0, 0.05) is 12.0 Å². The van der Waals surface area contributed by atoms with Gasteiger partial charge in [-0.2, -0.15) is 5.26 Å². The van der Waals surface area contributed by atoms with Crippen molar-refractivity contribution in [2.75, 3.05) is 0 Å². The molecule has 1 aromatic carbocycles. The molecule has 0 saturated heterocycles. The van der Waals surface area contributed by atoms with E-state index in [1.807, 2.05) is 24.3 Å². The minimum atomic E-state index is 0.445. The first-order valence-corrected chi connectivity index (χ1v) is 6.32. The molecule has 0 aliphatic heterocycles. The lowest BCUT2D eigenvalue weighted by Gasteiger charge is -1.98. The van der Waals surface area contributed by atoms with E-state index in [9.17, 15) is 0 Å². The van der Waals surface area contributed by atoms with Gasteiger partial charge in [-0.3, -0.25) is 0 Å². The maximum Gasteiger partial charge on any atom is 0.0670 e. The first kappa shape index (κ1) is 13.3. The molecule has 0 aromatic heterocycles. The van der Waals surface area contributed by atoms with Gasteiger partial charge in [0.1, 0.15) is 0 Å². The Morgan fingerprint density at radius 1 is 1.12 bits per heavy atom. The molecule has 0 aliphatic carbocycles. The summed E-state index contributed by atoms with van der Waals surface area (Å²) in [6, 6.07) is 10.1. The zero-order chi connectivity index (χ0) is 12.3. The lowest BCUT2D eigenvalue weighted by atomic mass is 10.1. The Kier molecular flexibility index (Phi) is 6.61. The maximum atomic E-state index is 8.71. The Balaban J connectivity index is 2.50. The molecule has 0 bridgehead atoms. The van der Waals surface area contributed by atoms with Crippen molar-refractivity contribution < 1.29 is 0 Å². The van der Waals surface area contributed by atoms with Crippen LogP contribution in [0.15, 0.2) is 24.3 Å². The molecule has 0 saturated carbocycles.